The van der Waals surface area contributed by atoms with Gasteiger partial charge in [-0.15, -0.1) is 0 Å². The van der Waals surface area contributed by atoms with Crippen LogP contribution in [0.1, 0.15) is 18.4 Å². The van der Waals surface area contributed by atoms with Crippen LogP contribution in [0.3, 0.4) is 0 Å². The van der Waals surface area contributed by atoms with Gasteiger partial charge >= 0.3 is 5.97 Å². The quantitative estimate of drug-likeness (QED) is 0.697. The Morgan fingerprint density at radius 1 is 1.50 bits per heavy atom. The second kappa shape index (κ2) is 4.64. The highest BCUT2D eigenvalue weighted by Gasteiger charge is 2.26. The zero-order valence-electron chi connectivity index (χ0n) is 10.1. The Morgan fingerprint density at radius 3 is 2.89 bits per heavy atom. The minimum absolute atomic E-state index is 0.0323. The van der Waals surface area contributed by atoms with E-state index in [4.69, 9.17) is 26.0 Å². The summed E-state index contributed by atoms with van der Waals surface area (Å²) in [4.78, 5) is 10.5. The number of fused-ring (bicyclic) bond motifs is 1. The number of benzene rings is 1. The molecule has 1 aromatic rings. The molecule has 1 atom stereocenters. The summed E-state index contributed by atoms with van der Waals surface area (Å²) in [7, 11) is 0. The third-order valence-corrected chi connectivity index (χ3v) is 2.89. The van der Waals surface area contributed by atoms with E-state index in [0.29, 0.717) is 29.3 Å². The summed E-state index contributed by atoms with van der Waals surface area (Å²) in [6.07, 6.45) is 0.102. The van der Waals surface area contributed by atoms with E-state index in [1.165, 1.54) is 0 Å². The van der Waals surface area contributed by atoms with Crippen LogP contribution in [-0.4, -0.2) is 23.8 Å². The average molecular weight is 252 g/mol. The van der Waals surface area contributed by atoms with Crippen LogP contribution < -0.4 is 20.9 Å². The largest absolute Gasteiger partial charge is 0.484 e. The summed E-state index contributed by atoms with van der Waals surface area (Å²) in [6, 6.07) is 1.72. The zero-order chi connectivity index (χ0) is 13.3. The lowest BCUT2D eigenvalue weighted by molar-refractivity contribution is -0.137. The van der Waals surface area contributed by atoms with Crippen molar-refractivity contribution < 1.29 is 19.4 Å². The van der Waals surface area contributed by atoms with Crippen molar-refractivity contribution in [1.29, 1.82) is 0 Å². The molecule has 0 spiro atoms. The Bertz CT molecular complexity index is 487. The van der Waals surface area contributed by atoms with Crippen LogP contribution in [0.25, 0.3) is 0 Å². The number of aliphatic carboxylic acids is 1. The molecule has 0 fully saturated rings. The molecule has 18 heavy (non-hydrogen) atoms. The van der Waals surface area contributed by atoms with Crippen LogP contribution >= 0.6 is 0 Å². The highest BCUT2D eigenvalue weighted by atomic mass is 16.6. The summed E-state index contributed by atoms with van der Waals surface area (Å²) in [5.74, 6) is 0.0135. The first-order chi connectivity index (χ1) is 8.49. The maximum absolute atomic E-state index is 10.5. The number of carboxylic acid groups (broad SMARTS) is 1. The van der Waals surface area contributed by atoms with Crippen molar-refractivity contribution in [3.05, 3.63) is 11.6 Å². The fraction of sp³-hybridized carbons (Fsp3) is 0.417. The molecule has 2 rings (SSSR count). The van der Waals surface area contributed by atoms with Gasteiger partial charge in [0.25, 0.3) is 0 Å². The molecule has 1 aromatic carbocycles. The monoisotopic (exact) mass is 252 g/mol. The first-order valence-electron chi connectivity index (χ1n) is 5.69. The van der Waals surface area contributed by atoms with Crippen LogP contribution in [0.5, 0.6) is 11.5 Å². The van der Waals surface area contributed by atoms with Gasteiger partial charge in [-0.25, -0.2) is 0 Å². The van der Waals surface area contributed by atoms with Gasteiger partial charge in [0.1, 0.15) is 12.7 Å². The molecule has 0 amide bonds. The summed E-state index contributed by atoms with van der Waals surface area (Å²) >= 11 is 0. The van der Waals surface area contributed by atoms with Gasteiger partial charge in [0.05, 0.1) is 11.4 Å². The topological polar surface area (TPSA) is 108 Å². The predicted octanol–water partition coefficient (Wildman–Crippen LogP) is 1.16. The molecule has 0 aromatic heterocycles. The average Bonchev–Trinajstić information content (AvgIpc) is 2.33. The fourth-order valence-electron chi connectivity index (χ4n) is 1.88. The first kappa shape index (κ1) is 12.3. The van der Waals surface area contributed by atoms with Crippen LogP contribution in [0.15, 0.2) is 6.07 Å². The zero-order valence-corrected chi connectivity index (χ0v) is 10.1. The van der Waals surface area contributed by atoms with Crippen LogP contribution in [-0.2, 0) is 4.79 Å². The lowest BCUT2D eigenvalue weighted by Crippen LogP contribution is -2.30. The van der Waals surface area contributed by atoms with Gasteiger partial charge in [0.15, 0.2) is 11.5 Å². The molecule has 1 heterocycles. The molecule has 1 unspecified atom stereocenters. The lowest BCUT2D eigenvalue weighted by atomic mass is 10.1. The number of hydrogen-bond acceptors (Lipinski definition) is 5. The van der Waals surface area contributed by atoms with Crippen molar-refractivity contribution in [3.63, 3.8) is 0 Å². The van der Waals surface area contributed by atoms with E-state index >= 15 is 0 Å². The molecule has 5 N–H and O–H groups in total. The number of carbonyl (C=O) groups is 1. The maximum Gasteiger partial charge on any atom is 0.303 e. The second-order valence-corrected chi connectivity index (χ2v) is 4.34. The smallest absolute Gasteiger partial charge is 0.303 e. The fourth-order valence-corrected chi connectivity index (χ4v) is 1.88. The van der Waals surface area contributed by atoms with E-state index in [2.05, 4.69) is 0 Å². The number of anilines is 2. The third-order valence-electron chi connectivity index (χ3n) is 2.89. The van der Waals surface area contributed by atoms with Gasteiger partial charge < -0.3 is 26.0 Å². The molecule has 0 saturated carbocycles. The van der Waals surface area contributed by atoms with Crippen molar-refractivity contribution in [2.75, 3.05) is 18.1 Å². The first-order valence-corrected chi connectivity index (χ1v) is 5.69. The highest BCUT2D eigenvalue weighted by molar-refractivity contribution is 5.74. The van der Waals surface area contributed by atoms with Gasteiger partial charge in [-0.3, -0.25) is 4.79 Å². The van der Waals surface area contributed by atoms with Crippen molar-refractivity contribution in [2.24, 2.45) is 0 Å². The Hall–Kier alpha value is -2.11. The molecule has 0 saturated heterocycles. The number of nitrogens with two attached hydrogens (primary N) is 2. The molecule has 0 bridgehead atoms. The standard InChI is InChI=1S/C12H16N2O4/c1-6-4-8(13)11-12(10(6)14)17-5-7(18-11)2-3-9(15)16/h4,7H,2-3,5,13-14H2,1H3,(H,15,16). The van der Waals surface area contributed by atoms with E-state index in [1.54, 1.807) is 6.07 Å². The number of ether oxygens (including phenoxy) is 2. The predicted molar refractivity (Wildman–Crippen MR) is 66.8 cm³/mol. The van der Waals surface area contributed by atoms with E-state index < -0.39 is 5.97 Å². The maximum atomic E-state index is 10.5. The Kier molecular flexibility index (Phi) is 3.18. The molecule has 1 aliphatic heterocycles. The molecule has 98 valence electrons. The number of hydrogen-bond donors (Lipinski definition) is 3. The minimum atomic E-state index is -0.860. The van der Waals surface area contributed by atoms with Gasteiger partial charge in [0.2, 0.25) is 0 Å². The summed E-state index contributed by atoms with van der Waals surface area (Å²) in [5.41, 5.74) is 13.5. The molecular formula is C12H16N2O4. The number of rotatable bonds is 3. The van der Waals surface area contributed by atoms with E-state index in [-0.39, 0.29) is 19.1 Å². The van der Waals surface area contributed by atoms with Crippen molar-refractivity contribution in [2.45, 2.75) is 25.9 Å². The van der Waals surface area contributed by atoms with E-state index in [1.807, 2.05) is 6.92 Å². The van der Waals surface area contributed by atoms with Gasteiger partial charge in [-0.2, -0.15) is 0 Å². The van der Waals surface area contributed by atoms with Gasteiger partial charge in [-0.1, -0.05) is 0 Å². The second-order valence-electron chi connectivity index (χ2n) is 4.34. The van der Waals surface area contributed by atoms with Crippen molar-refractivity contribution in [1.82, 2.24) is 0 Å². The highest BCUT2D eigenvalue weighted by Crippen LogP contribution is 2.44. The van der Waals surface area contributed by atoms with E-state index in [9.17, 15) is 4.79 Å². The van der Waals surface area contributed by atoms with Gasteiger partial charge in [0, 0.05) is 6.42 Å². The molecule has 0 radical (unpaired) electrons. The SMILES string of the molecule is Cc1cc(N)c2c(c1N)OCC(CCC(=O)O)O2. The summed E-state index contributed by atoms with van der Waals surface area (Å²) < 4.78 is 11.2. The Balaban J connectivity index is 2.19. The van der Waals surface area contributed by atoms with Crippen molar-refractivity contribution >= 4 is 17.3 Å². The van der Waals surface area contributed by atoms with Gasteiger partial charge in [-0.05, 0) is 25.0 Å². The van der Waals surface area contributed by atoms with E-state index in [0.717, 1.165) is 5.56 Å². The van der Waals surface area contributed by atoms with Crippen molar-refractivity contribution in [3.8, 4) is 11.5 Å². The summed E-state index contributed by atoms with van der Waals surface area (Å²) in [5, 5.41) is 8.63. The molecule has 6 nitrogen and oxygen atoms in total. The lowest BCUT2D eigenvalue weighted by Gasteiger charge is -2.28. The molecule has 1 aliphatic rings. The molecule has 0 aliphatic carbocycles. The number of carboxylic acids is 1. The Morgan fingerprint density at radius 2 is 2.22 bits per heavy atom. The number of nitrogen functional groups attached to an aromatic ring is 2. The third kappa shape index (κ3) is 2.27. The normalized spacial score (nSPS) is 17.5. The summed E-state index contributed by atoms with van der Waals surface area (Å²) in [6.45, 7) is 2.12. The van der Waals surface area contributed by atoms with Crippen LogP contribution in [0.4, 0.5) is 11.4 Å². The van der Waals surface area contributed by atoms with Crippen LogP contribution in [0, 0.1) is 6.92 Å². The molecule has 6 heteroatoms. The number of aryl methyl sites for hydroxylation is 1. The Labute approximate surface area is 104 Å². The minimum Gasteiger partial charge on any atom is -0.484 e. The molecular weight excluding hydrogens is 236 g/mol. The van der Waals surface area contributed by atoms with Crippen LogP contribution in [0.2, 0.25) is 0 Å².